The first-order valence-corrected chi connectivity index (χ1v) is 7.14. The molecule has 1 aromatic rings. The predicted octanol–water partition coefficient (Wildman–Crippen LogP) is 3.69. The van der Waals surface area contributed by atoms with E-state index in [1.54, 1.807) is 6.07 Å². The van der Waals surface area contributed by atoms with E-state index in [1.165, 1.54) is 31.7 Å². The Morgan fingerprint density at radius 3 is 2.47 bits per heavy atom. The summed E-state index contributed by atoms with van der Waals surface area (Å²) in [5.41, 5.74) is 7.89. The first kappa shape index (κ1) is 14.3. The molecule has 0 aliphatic heterocycles. The molecule has 1 saturated carbocycles. The van der Waals surface area contributed by atoms with Gasteiger partial charge < -0.3 is 10.6 Å². The van der Waals surface area contributed by atoms with E-state index in [-0.39, 0.29) is 5.82 Å². The Hall–Kier alpha value is -1.09. The predicted molar refractivity (Wildman–Crippen MR) is 78.7 cm³/mol. The van der Waals surface area contributed by atoms with Crippen molar-refractivity contribution in [2.24, 2.45) is 11.1 Å². The summed E-state index contributed by atoms with van der Waals surface area (Å²) in [5, 5.41) is 0. The maximum Gasteiger partial charge on any atom is 0.125 e. The second-order valence-corrected chi connectivity index (χ2v) is 6.53. The zero-order chi connectivity index (χ0) is 14.0. The molecule has 2 nitrogen and oxygen atoms in total. The zero-order valence-electron chi connectivity index (χ0n) is 12.2. The van der Waals surface area contributed by atoms with Crippen molar-refractivity contribution in [1.82, 2.24) is 0 Å². The first-order valence-electron chi connectivity index (χ1n) is 7.14. The van der Waals surface area contributed by atoms with Gasteiger partial charge in [0, 0.05) is 25.3 Å². The van der Waals surface area contributed by atoms with Gasteiger partial charge in [0.2, 0.25) is 0 Å². The molecule has 0 radical (unpaired) electrons. The summed E-state index contributed by atoms with van der Waals surface area (Å²) in [5.74, 6) is -0.194. The van der Waals surface area contributed by atoms with Gasteiger partial charge >= 0.3 is 0 Å². The van der Waals surface area contributed by atoms with Crippen molar-refractivity contribution in [2.75, 3.05) is 11.9 Å². The van der Waals surface area contributed by atoms with E-state index >= 15 is 0 Å². The highest BCUT2D eigenvalue weighted by Gasteiger charge is 2.29. The summed E-state index contributed by atoms with van der Waals surface area (Å²) < 4.78 is 13.6. The Morgan fingerprint density at radius 2 is 1.89 bits per heavy atom. The van der Waals surface area contributed by atoms with Crippen LogP contribution in [0.15, 0.2) is 18.2 Å². The maximum atomic E-state index is 13.6. The van der Waals surface area contributed by atoms with Crippen LogP contribution in [-0.4, -0.2) is 13.1 Å². The van der Waals surface area contributed by atoms with Crippen LogP contribution in [0.1, 0.15) is 45.1 Å². The summed E-state index contributed by atoms with van der Waals surface area (Å²) in [4.78, 5) is 2.22. The number of hydrogen-bond acceptors (Lipinski definition) is 2. The van der Waals surface area contributed by atoms with Gasteiger partial charge in [0.1, 0.15) is 5.82 Å². The van der Waals surface area contributed by atoms with Gasteiger partial charge in [-0.25, -0.2) is 4.39 Å². The van der Waals surface area contributed by atoms with Crippen LogP contribution in [0.3, 0.4) is 0 Å². The summed E-state index contributed by atoms with van der Waals surface area (Å²) in [7, 11) is 2.07. The average Bonchev–Trinajstić information content (AvgIpc) is 2.37. The van der Waals surface area contributed by atoms with Crippen molar-refractivity contribution in [3.8, 4) is 0 Å². The molecular weight excluding hydrogens is 239 g/mol. The van der Waals surface area contributed by atoms with E-state index in [1.807, 2.05) is 6.07 Å². The number of hydrogen-bond donors (Lipinski definition) is 1. The molecule has 0 saturated heterocycles. The molecule has 2 N–H and O–H groups in total. The van der Waals surface area contributed by atoms with Crippen LogP contribution in [0.5, 0.6) is 0 Å². The molecule has 1 aliphatic carbocycles. The van der Waals surface area contributed by atoms with Crippen LogP contribution in [0.4, 0.5) is 10.1 Å². The number of nitrogens with zero attached hydrogens (tertiary/aromatic N) is 1. The number of anilines is 1. The topological polar surface area (TPSA) is 29.3 Å². The molecule has 0 unspecified atom stereocenters. The fourth-order valence-corrected chi connectivity index (χ4v) is 2.94. The van der Waals surface area contributed by atoms with Gasteiger partial charge in [-0.05, 0) is 54.9 Å². The minimum atomic E-state index is -0.194. The lowest BCUT2D eigenvalue weighted by molar-refractivity contribution is 0.222. The van der Waals surface area contributed by atoms with Crippen LogP contribution in [0, 0.1) is 11.2 Å². The van der Waals surface area contributed by atoms with E-state index in [2.05, 4.69) is 25.8 Å². The van der Waals surface area contributed by atoms with Crippen LogP contribution in [-0.2, 0) is 6.54 Å². The molecule has 19 heavy (non-hydrogen) atoms. The lowest BCUT2D eigenvalue weighted by Crippen LogP contribution is -2.37. The van der Waals surface area contributed by atoms with Crippen molar-refractivity contribution >= 4 is 5.69 Å². The van der Waals surface area contributed by atoms with Crippen LogP contribution in [0.2, 0.25) is 0 Å². The third-order valence-electron chi connectivity index (χ3n) is 4.44. The number of halogens is 1. The van der Waals surface area contributed by atoms with Gasteiger partial charge in [-0.1, -0.05) is 13.8 Å². The average molecular weight is 264 g/mol. The molecule has 1 aromatic carbocycles. The molecule has 1 aliphatic rings. The van der Waals surface area contributed by atoms with E-state index in [0.29, 0.717) is 18.0 Å². The molecule has 2 rings (SSSR count). The normalized spacial score (nSPS) is 19.4. The standard InChI is InChI=1S/C16H25FN2/c1-16(2)6-4-14(5-7-16)19(3)15-9-12(11-18)8-13(17)10-15/h8-10,14H,4-7,11,18H2,1-3H3. The lowest BCUT2D eigenvalue weighted by atomic mass is 9.75. The highest BCUT2D eigenvalue weighted by molar-refractivity contribution is 5.49. The third kappa shape index (κ3) is 3.47. The monoisotopic (exact) mass is 264 g/mol. The largest absolute Gasteiger partial charge is 0.372 e. The molecule has 0 bridgehead atoms. The smallest absolute Gasteiger partial charge is 0.125 e. The van der Waals surface area contributed by atoms with Crippen molar-refractivity contribution < 1.29 is 4.39 Å². The minimum absolute atomic E-state index is 0.194. The van der Waals surface area contributed by atoms with Crippen LogP contribution >= 0.6 is 0 Å². The quantitative estimate of drug-likeness (QED) is 0.902. The van der Waals surface area contributed by atoms with E-state index < -0.39 is 0 Å². The summed E-state index contributed by atoms with van der Waals surface area (Å²) in [6.07, 6.45) is 4.83. The van der Waals surface area contributed by atoms with Crippen LogP contribution < -0.4 is 10.6 Å². The second-order valence-electron chi connectivity index (χ2n) is 6.53. The fourth-order valence-electron chi connectivity index (χ4n) is 2.94. The lowest BCUT2D eigenvalue weighted by Gasteiger charge is -2.39. The molecule has 1 fully saturated rings. The molecule has 0 heterocycles. The molecule has 0 aromatic heterocycles. The van der Waals surface area contributed by atoms with E-state index in [9.17, 15) is 4.39 Å². The second kappa shape index (κ2) is 5.49. The Balaban J connectivity index is 2.11. The van der Waals surface area contributed by atoms with Gasteiger partial charge in [0.15, 0.2) is 0 Å². The van der Waals surface area contributed by atoms with E-state index in [0.717, 1.165) is 11.3 Å². The Labute approximate surface area is 115 Å². The van der Waals surface area contributed by atoms with Crippen molar-refractivity contribution in [3.63, 3.8) is 0 Å². The Morgan fingerprint density at radius 1 is 1.26 bits per heavy atom. The Bertz CT molecular complexity index is 432. The number of rotatable bonds is 3. The number of benzene rings is 1. The molecule has 106 valence electrons. The zero-order valence-corrected chi connectivity index (χ0v) is 12.2. The van der Waals surface area contributed by atoms with Gasteiger partial charge in [-0.3, -0.25) is 0 Å². The number of nitrogens with two attached hydrogens (primary N) is 1. The highest BCUT2D eigenvalue weighted by Crippen LogP contribution is 2.37. The SMILES string of the molecule is CN(c1cc(F)cc(CN)c1)C1CCC(C)(C)CC1. The van der Waals surface area contributed by atoms with Gasteiger partial charge in [-0.15, -0.1) is 0 Å². The van der Waals surface area contributed by atoms with Crippen molar-refractivity contribution in [1.29, 1.82) is 0 Å². The van der Waals surface area contributed by atoms with E-state index in [4.69, 9.17) is 5.73 Å². The Kier molecular flexibility index (Phi) is 4.14. The maximum absolute atomic E-state index is 13.6. The van der Waals surface area contributed by atoms with Crippen LogP contribution in [0.25, 0.3) is 0 Å². The summed E-state index contributed by atoms with van der Waals surface area (Å²) in [6, 6.07) is 5.64. The highest BCUT2D eigenvalue weighted by atomic mass is 19.1. The minimum Gasteiger partial charge on any atom is -0.372 e. The molecule has 0 amide bonds. The summed E-state index contributed by atoms with van der Waals surface area (Å²) in [6.45, 7) is 5.05. The van der Waals surface area contributed by atoms with Gasteiger partial charge in [-0.2, -0.15) is 0 Å². The van der Waals surface area contributed by atoms with Crippen molar-refractivity contribution in [3.05, 3.63) is 29.6 Å². The first-order chi connectivity index (χ1) is 8.91. The van der Waals surface area contributed by atoms with Crippen molar-refractivity contribution in [2.45, 2.75) is 52.1 Å². The molecular formula is C16H25FN2. The van der Waals surface area contributed by atoms with Gasteiger partial charge in [0.05, 0.1) is 0 Å². The molecule has 3 heteroatoms. The summed E-state index contributed by atoms with van der Waals surface area (Å²) >= 11 is 0. The van der Waals surface area contributed by atoms with Gasteiger partial charge in [0.25, 0.3) is 0 Å². The fraction of sp³-hybridized carbons (Fsp3) is 0.625. The third-order valence-corrected chi connectivity index (χ3v) is 4.44. The molecule has 0 spiro atoms. The molecule has 0 atom stereocenters.